The quantitative estimate of drug-likeness (QED) is 0.224. The maximum Gasteiger partial charge on any atom is 0.266 e. The number of hydrogen-bond donors (Lipinski definition) is 2. The van der Waals surface area contributed by atoms with Crippen LogP contribution in [0.25, 0.3) is 0 Å². The Morgan fingerprint density at radius 2 is 1.85 bits per heavy atom. The Morgan fingerprint density at radius 1 is 1.19 bits per heavy atom. The molecule has 2 N–H and O–H groups in total. The van der Waals surface area contributed by atoms with Gasteiger partial charge in [0.1, 0.15) is 18.6 Å². The standard InChI is InChI=1S/C18H34N2O6S/c1-15(2)14-18(3,4)17(23)20-27(24)13-5-6-16(22)19-7-9-25-11-12-26-10-8-21/h8,15H,5-7,9-14H2,1-4H3,(H,19,22)(H,20,23). The highest BCUT2D eigenvalue weighted by Crippen LogP contribution is 2.25. The van der Waals surface area contributed by atoms with E-state index in [1.165, 1.54) is 0 Å². The first kappa shape index (κ1) is 25.8. The summed E-state index contributed by atoms with van der Waals surface area (Å²) in [7, 11) is 0. The summed E-state index contributed by atoms with van der Waals surface area (Å²) in [5, 5.41) is 2.70. The van der Waals surface area contributed by atoms with Crippen molar-refractivity contribution in [3.05, 3.63) is 0 Å². The molecule has 2 amide bonds. The zero-order chi connectivity index (χ0) is 20.7. The number of hydrogen-bond acceptors (Lipinski definition) is 6. The van der Waals surface area contributed by atoms with Crippen molar-refractivity contribution >= 4 is 29.5 Å². The van der Waals surface area contributed by atoms with E-state index in [2.05, 4.69) is 10.0 Å². The molecule has 0 saturated carbocycles. The summed E-state index contributed by atoms with van der Waals surface area (Å²) in [4.78, 5) is 33.9. The molecule has 0 aromatic rings. The van der Waals surface area contributed by atoms with E-state index in [-0.39, 0.29) is 30.6 Å². The van der Waals surface area contributed by atoms with Crippen molar-refractivity contribution in [3.63, 3.8) is 0 Å². The van der Waals surface area contributed by atoms with Gasteiger partial charge in [-0.25, -0.2) is 0 Å². The van der Waals surface area contributed by atoms with Crippen LogP contribution in [0.5, 0.6) is 0 Å². The van der Waals surface area contributed by atoms with E-state index in [4.69, 9.17) is 9.47 Å². The Labute approximate surface area is 165 Å². The molecule has 0 aliphatic carbocycles. The smallest absolute Gasteiger partial charge is 0.266 e. The third-order valence-corrected chi connectivity index (χ3v) is 4.67. The molecule has 0 saturated heterocycles. The summed E-state index contributed by atoms with van der Waals surface area (Å²) in [6.07, 6.45) is 2.04. The first-order valence-electron chi connectivity index (χ1n) is 9.24. The number of carbonyl (C=O) groups is 3. The maximum atomic E-state index is 12.2. The van der Waals surface area contributed by atoms with Gasteiger partial charge in [0.25, 0.3) is 5.91 Å². The number of amides is 2. The molecule has 27 heavy (non-hydrogen) atoms. The largest absolute Gasteiger partial charge is 0.593 e. The van der Waals surface area contributed by atoms with Gasteiger partial charge in [-0.15, -0.1) is 0 Å². The van der Waals surface area contributed by atoms with Gasteiger partial charge in [0.05, 0.1) is 31.2 Å². The van der Waals surface area contributed by atoms with Crippen LogP contribution in [-0.4, -0.2) is 61.4 Å². The van der Waals surface area contributed by atoms with Crippen LogP contribution < -0.4 is 10.0 Å². The van der Waals surface area contributed by atoms with Crippen molar-refractivity contribution < 1.29 is 28.4 Å². The van der Waals surface area contributed by atoms with Gasteiger partial charge in [0, 0.05) is 24.8 Å². The fraction of sp³-hybridized carbons (Fsp3) is 0.833. The maximum absolute atomic E-state index is 12.2. The molecule has 0 radical (unpaired) electrons. The molecule has 1 unspecified atom stereocenters. The van der Waals surface area contributed by atoms with Gasteiger partial charge in [-0.1, -0.05) is 27.7 Å². The average Bonchev–Trinajstić information content (AvgIpc) is 2.56. The van der Waals surface area contributed by atoms with Crippen molar-refractivity contribution in [1.29, 1.82) is 0 Å². The lowest BCUT2D eigenvalue weighted by molar-refractivity contribution is -0.128. The van der Waals surface area contributed by atoms with Gasteiger partial charge < -0.3 is 24.1 Å². The predicted octanol–water partition coefficient (Wildman–Crippen LogP) is 0.967. The van der Waals surface area contributed by atoms with Gasteiger partial charge in [-0.05, 0) is 12.3 Å². The first-order chi connectivity index (χ1) is 12.7. The lowest BCUT2D eigenvalue weighted by Gasteiger charge is -2.25. The summed E-state index contributed by atoms with van der Waals surface area (Å²) in [5.74, 6) is 0.227. The molecule has 0 aromatic heterocycles. The molecule has 0 aliphatic rings. The van der Waals surface area contributed by atoms with E-state index >= 15 is 0 Å². The summed E-state index contributed by atoms with van der Waals surface area (Å²) in [5.41, 5.74) is -0.570. The minimum absolute atomic E-state index is 0.0527. The monoisotopic (exact) mass is 406 g/mol. The van der Waals surface area contributed by atoms with E-state index in [1.54, 1.807) is 0 Å². The zero-order valence-corrected chi connectivity index (χ0v) is 17.7. The summed E-state index contributed by atoms with van der Waals surface area (Å²) in [6.45, 7) is 9.21. The van der Waals surface area contributed by atoms with E-state index in [0.717, 1.165) is 0 Å². The number of aldehydes is 1. The van der Waals surface area contributed by atoms with E-state index < -0.39 is 16.8 Å². The van der Waals surface area contributed by atoms with E-state index in [9.17, 15) is 18.9 Å². The minimum atomic E-state index is -1.48. The normalized spacial score (nSPS) is 12.7. The molecule has 9 heteroatoms. The van der Waals surface area contributed by atoms with Gasteiger partial charge in [-0.3, -0.25) is 9.59 Å². The molecule has 158 valence electrons. The molecule has 0 aliphatic heterocycles. The highest BCUT2D eigenvalue weighted by molar-refractivity contribution is 7.90. The second kappa shape index (κ2) is 14.8. The summed E-state index contributed by atoms with van der Waals surface area (Å²) >= 11 is -1.48. The number of nitrogens with one attached hydrogen (secondary N) is 2. The first-order valence-corrected chi connectivity index (χ1v) is 10.6. The van der Waals surface area contributed by atoms with E-state index in [0.29, 0.717) is 51.4 Å². The SMILES string of the molecule is CC(C)CC(C)(C)C(=O)N[S+]([O-])CCCC(=O)NCCOCCOCC=O. The van der Waals surface area contributed by atoms with Gasteiger partial charge >= 0.3 is 0 Å². The number of ether oxygens (including phenoxy) is 2. The number of carbonyl (C=O) groups excluding carboxylic acids is 3. The molecule has 0 aromatic carbocycles. The number of rotatable bonds is 16. The van der Waals surface area contributed by atoms with Crippen LogP contribution in [-0.2, 0) is 35.2 Å². The van der Waals surface area contributed by atoms with Crippen LogP contribution in [0.15, 0.2) is 0 Å². The molecule has 0 rings (SSSR count). The van der Waals surface area contributed by atoms with Crippen molar-refractivity contribution in [2.24, 2.45) is 11.3 Å². The van der Waals surface area contributed by atoms with Gasteiger partial charge in [-0.2, -0.15) is 4.72 Å². The fourth-order valence-corrected chi connectivity index (χ4v) is 3.46. The molecule has 0 fully saturated rings. The van der Waals surface area contributed by atoms with Crippen LogP contribution >= 0.6 is 0 Å². The van der Waals surface area contributed by atoms with Crippen molar-refractivity contribution in [1.82, 2.24) is 10.0 Å². The Hall–Kier alpha value is -1.16. The molecule has 0 spiro atoms. The highest BCUT2D eigenvalue weighted by atomic mass is 32.2. The van der Waals surface area contributed by atoms with Crippen LogP contribution in [0.4, 0.5) is 0 Å². The molecule has 0 bridgehead atoms. The van der Waals surface area contributed by atoms with Crippen LogP contribution in [0.3, 0.4) is 0 Å². The highest BCUT2D eigenvalue weighted by Gasteiger charge is 2.31. The Morgan fingerprint density at radius 3 is 2.48 bits per heavy atom. The molecule has 8 nitrogen and oxygen atoms in total. The third kappa shape index (κ3) is 14.6. The topological polar surface area (TPSA) is 117 Å². The van der Waals surface area contributed by atoms with E-state index in [1.807, 2.05) is 27.7 Å². The van der Waals surface area contributed by atoms with Gasteiger partial charge in [0.15, 0.2) is 0 Å². The average molecular weight is 407 g/mol. The van der Waals surface area contributed by atoms with Crippen molar-refractivity contribution in [2.45, 2.75) is 47.0 Å². The molecular weight excluding hydrogens is 372 g/mol. The summed E-state index contributed by atoms with van der Waals surface area (Å²) < 4.78 is 24.6. The molecule has 1 atom stereocenters. The minimum Gasteiger partial charge on any atom is -0.593 e. The third-order valence-electron chi connectivity index (χ3n) is 3.60. The van der Waals surface area contributed by atoms with Crippen LogP contribution in [0.1, 0.15) is 47.0 Å². The van der Waals surface area contributed by atoms with Crippen molar-refractivity contribution in [2.75, 3.05) is 38.7 Å². The lowest BCUT2D eigenvalue weighted by atomic mass is 9.83. The second-order valence-corrected chi connectivity index (χ2v) is 8.57. The van der Waals surface area contributed by atoms with Crippen LogP contribution in [0, 0.1) is 11.3 Å². The molecular formula is C18H34N2O6S. The Kier molecular flexibility index (Phi) is 14.2. The zero-order valence-electron chi connectivity index (χ0n) is 16.9. The predicted molar refractivity (Wildman–Crippen MR) is 104 cm³/mol. The Bertz CT molecular complexity index is 446. The summed E-state index contributed by atoms with van der Waals surface area (Å²) in [6, 6.07) is 0. The Balaban J connectivity index is 3.76. The fourth-order valence-electron chi connectivity index (χ4n) is 2.47. The van der Waals surface area contributed by atoms with Crippen molar-refractivity contribution in [3.8, 4) is 0 Å². The lowest BCUT2D eigenvalue weighted by Crippen LogP contribution is -2.42. The van der Waals surface area contributed by atoms with Gasteiger partial charge in [0.2, 0.25) is 5.91 Å². The molecule has 0 heterocycles. The van der Waals surface area contributed by atoms with Crippen LogP contribution in [0.2, 0.25) is 0 Å². The second-order valence-electron chi connectivity index (χ2n) is 7.27.